The van der Waals surface area contributed by atoms with Crippen molar-refractivity contribution in [1.82, 2.24) is 4.90 Å². The molecule has 0 aliphatic carbocycles. The Morgan fingerprint density at radius 1 is 1.67 bits per heavy atom. The van der Waals surface area contributed by atoms with Crippen LogP contribution in [0.2, 0.25) is 0 Å². The maximum Gasteiger partial charge on any atom is 0.307 e. The first-order chi connectivity index (χ1) is 7.00. The molecule has 0 amide bonds. The summed E-state index contributed by atoms with van der Waals surface area (Å²) >= 11 is 0. The maximum atomic E-state index is 10.7. The van der Waals surface area contributed by atoms with Crippen LogP contribution in [0, 0.1) is 5.92 Å². The van der Waals surface area contributed by atoms with Gasteiger partial charge in [-0.2, -0.15) is 0 Å². The summed E-state index contributed by atoms with van der Waals surface area (Å²) in [7, 11) is 2.00. The van der Waals surface area contributed by atoms with E-state index in [1.807, 2.05) is 7.05 Å². The van der Waals surface area contributed by atoms with Gasteiger partial charge in [-0.1, -0.05) is 6.92 Å². The second kappa shape index (κ2) is 5.47. The molecule has 15 heavy (non-hydrogen) atoms. The summed E-state index contributed by atoms with van der Waals surface area (Å²) in [5.74, 6) is -1.02. The third-order valence-electron chi connectivity index (χ3n) is 3.06. The van der Waals surface area contributed by atoms with Crippen LogP contribution in [-0.4, -0.2) is 48.3 Å². The average molecular weight is 215 g/mol. The zero-order valence-corrected chi connectivity index (χ0v) is 9.77. The Balaban J connectivity index is 2.38. The van der Waals surface area contributed by atoms with Gasteiger partial charge in [0.25, 0.3) is 0 Å². The monoisotopic (exact) mass is 215 g/mol. The zero-order chi connectivity index (χ0) is 11.4. The summed E-state index contributed by atoms with van der Waals surface area (Å²) in [5, 5.41) is 8.83. The molecule has 0 saturated carbocycles. The van der Waals surface area contributed by atoms with E-state index >= 15 is 0 Å². The number of aliphatic carboxylic acids is 1. The van der Waals surface area contributed by atoms with Crippen LogP contribution in [0.25, 0.3) is 0 Å². The minimum absolute atomic E-state index is 0.298. The van der Waals surface area contributed by atoms with Crippen LogP contribution in [0.1, 0.15) is 26.7 Å². The predicted octanol–water partition coefficient (Wildman–Crippen LogP) is 1.21. The highest BCUT2D eigenvalue weighted by atomic mass is 16.5. The van der Waals surface area contributed by atoms with E-state index in [0.29, 0.717) is 18.7 Å². The normalized spacial score (nSPS) is 29.1. The number of carbonyl (C=O) groups is 1. The van der Waals surface area contributed by atoms with Gasteiger partial charge in [-0.05, 0) is 26.8 Å². The smallest absolute Gasteiger partial charge is 0.307 e. The summed E-state index contributed by atoms with van der Waals surface area (Å²) in [4.78, 5) is 12.9. The molecule has 1 rings (SSSR count). The molecule has 0 radical (unpaired) electrons. The summed E-state index contributed by atoms with van der Waals surface area (Å²) in [6.07, 6.45) is 2.31. The van der Waals surface area contributed by atoms with Gasteiger partial charge in [0.05, 0.1) is 12.0 Å². The topological polar surface area (TPSA) is 49.8 Å². The van der Waals surface area contributed by atoms with Gasteiger partial charge in [-0.25, -0.2) is 0 Å². The summed E-state index contributed by atoms with van der Waals surface area (Å²) in [5.41, 5.74) is 0. The molecule has 88 valence electrons. The van der Waals surface area contributed by atoms with Crippen molar-refractivity contribution in [2.24, 2.45) is 5.92 Å². The Morgan fingerprint density at radius 3 is 2.87 bits per heavy atom. The first-order valence-electron chi connectivity index (χ1n) is 5.55. The van der Waals surface area contributed by atoms with Crippen molar-refractivity contribution >= 4 is 5.97 Å². The average Bonchev–Trinajstić information content (AvgIpc) is 2.17. The molecule has 1 heterocycles. The van der Waals surface area contributed by atoms with Crippen molar-refractivity contribution in [3.05, 3.63) is 0 Å². The lowest BCUT2D eigenvalue weighted by molar-refractivity contribution is -0.142. The van der Waals surface area contributed by atoms with Gasteiger partial charge in [0, 0.05) is 19.2 Å². The fourth-order valence-electron chi connectivity index (χ4n) is 2.03. The van der Waals surface area contributed by atoms with Gasteiger partial charge in [0.1, 0.15) is 0 Å². The van der Waals surface area contributed by atoms with Gasteiger partial charge in [0.2, 0.25) is 0 Å². The maximum absolute atomic E-state index is 10.7. The molecule has 0 aromatic heterocycles. The lowest BCUT2D eigenvalue weighted by Crippen LogP contribution is -2.42. The second-order valence-corrected chi connectivity index (χ2v) is 4.54. The number of hydrogen-bond acceptors (Lipinski definition) is 3. The Kier molecular flexibility index (Phi) is 4.54. The third-order valence-corrected chi connectivity index (χ3v) is 3.06. The Hall–Kier alpha value is -0.610. The van der Waals surface area contributed by atoms with Crippen molar-refractivity contribution in [3.63, 3.8) is 0 Å². The number of hydrogen-bond donors (Lipinski definition) is 1. The standard InChI is InChI=1S/C11H21NO3/c1-8(11(13)14)7-12(3)10-4-5-15-9(2)6-10/h8-10H,4-7H2,1-3H3,(H,13,14). The van der Waals surface area contributed by atoms with Crippen molar-refractivity contribution in [3.8, 4) is 0 Å². The fraction of sp³-hybridized carbons (Fsp3) is 0.909. The first kappa shape index (κ1) is 12.5. The fourth-order valence-corrected chi connectivity index (χ4v) is 2.03. The third kappa shape index (κ3) is 3.80. The van der Waals surface area contributed by atoms with Crippen LogP contribution in [0.15, 0.2) is 0 Å². The van der Waals surface area contributed by atoms with Gasteiger partial charge in [-0.15, -0.1) is 0 Å². The molecule has 3 atom stereocenters. The van der Waals surface area contributed by atoms with Crippen LogP contribution in [0.4, 0.5) is 0 Å². The Labute approximate surface area is 91.2 Å². The predicted molar refractivity (Wildman–Crippen MR) is 57.9 cm³/mol. The van der Waals surface area contributed by atoms with Gasteiger partial charge in [-0.3, -0.25) is 4.79 Å². The minimum Gasteiger partial charge on any atom is -0.481 e. The molecule has 0 spiro atoms. The van der Waals surface area contributed by atoms with Crippen LogP contribution < -0.4 is 0 Å². The number of ether oxygens (including phenoxy) is 1. The molecule has 0 aromatic rings. The lowest BCUT2D eigenvalue weighted by Gasteiger charge is -2.34. The molecule has 0 bridgehead atoms. The van der Waals surface area contributed by atoms with Crippen molar-refractivity contribution in [2.75, 3.05) is 20.2 Å². The Bertz CT molecular complexity index is 220. The van der Waals surface area contributed by atoms with E-state index in [9.17, 15) is 4.79 Å². The molecule has 1 aliphatic heterocycles. The van der Waals surface area contributed by atoms with E-state index in [-0.39, 0.29) is 5.92 Å². The number of rotatable bonds is 4. The Morgan fingerprint density at radius 2 is 2.33 bits per heavy atom. The summed E-state index contributed by atoms with van der Waals surface area (Å²) in [6, 6.07) is 0.468. The summed E-state index contributed by atoms with van der Waals surface area (Å²) < 4.78 is 5.47. The highest BCUT2D eigenvalue weighted by Gasteiger charge is 2.25. The minimum atomic E-state index is -0.720. The number of carboxylic acids is 1. The number of nitrogens with zero attached hydrogens (tertiary/aromatic N) is 1. The molecule has 4 heteroatoms. The second-order valence-electron chi connectivity index (χ2n) is 4.54. The molecule has 1 fully saturated rings. The van der Waals surface area contributed by atoms with Crippen LogP contribution >= 0.6 is 0 Å². The molecule has 3 unspecified atom stereocenters. The van der Waals surface area contributed by atoms with Gasteiger partial charge in [0.15, 0.2) is 0 Å². The van der Waals surface area contributed by atoms with Crippen molar-refractivity contribution in [1.29, 1.82) is 0 Å². The first-order valence-corrected chi connectivity index (χ1v) is 5.55. The van der Waals surface area contributed by atoms with Crippen molar-refractivity contribution in [2.45, 2.75) is 38.8 Å². The number of carboxylic acid groups (broad SMARTS) is 1. The molecular formula is C11H21NO3. The zero-order valence-electron chi connectivity index (χ0n) is 9.77. The van der Waals surface area contributed by atoms with E-state index in [4.69, 9.17) is 9.84 Å². The quantitative estimate of drug-likeness (QED) is 0.765. The van der Waals surface area contributed by atoms with Crippen LogP contribution in [0.3, 0.4) is 0 Å². The van der Waals surface area contributed by atoms with Gasteiger partial charge >= 0.3 is 5.97 Å². The van der Waals surface area contributed by atoms with Crippen LogP contribution in [-0.2, 0) is 9.53 Å². The molecule has 0 aromatic carbocycles. The molecule has 1 saturated heterocycles. The van der Waals surface area contributed by atoms with E-state index in [0.717, 1.165) is 19.4 Å². The van der Waals surface area contributed by atoms with Crippen molar-refractivity contribution < 1.29 is 14.6 Å². The summed E-state index contributed by atoms with van der Waals surface area (Å²) in [6.45, 7) is 5.23. The molecular weight excluding hydrogens is 194 g/mol. The lowest BCUT2D eigenvalue weighted by atomic mass is 10.0. The van der Waals surface area contributed by atoms with E-state index < -0.39 is 5.97 Å². The SMILES string of the molecule is CC1CC(N(C)CC(C)C(=O)O)CCO1. The van der Waals surface area contributed by atoms with E-state index in [1.54, 1.807) is 6.92 Å². The van der Waals surface area contributed by atoms with E-state index in [1.165, 1.54) is 0 Å². The highest BCUT2D eigenvalue weighted by Crippen LogP contribution is 2.18. The van der Waals surface area contributed by atoms with E-state index in [2.05, 4.69) is 11.8 Å². The largest absolute Gasteiger partial charge is 0.481 e. The molecule has 1 N–H and O–H groups in total. The highest BCUT2D eigenvalue weighted by molar-refractivity contribution is 5.69. The van der Waals surface area contributed by atoms with Crippen LogP contribution in [0.5, 0.6) is 0 Å². The molecule has 1 aliphatic rings. The van der Waals surface area contributed by atoms with Gasteiger partial charge < -0.3 is 14.7 Å². The molecule has 4 nitrogen and oxygen atoms in total.